The van der Waals surface area contributed by atoms with E-state index in [0.717, 1.165) is 20.3 Å². The lowest BCUT2D eigenvalue weighted by Crippen LogP contribution is -2.15. The summed E-state index contributed by atoms with van der Waals surface area (Å²) in [5, 5.41) is 2.79. The molecule has 0 spiro atoms. The van der Waals surface area contributed by atoms with E-state index in [9.17, 15) is 13.2 Å². The molecule has 2 aromatic heterocycles. The number of benzene rings is 2. The molecule has 0 aliphatic carbocycles. The molecule has 4 rings (SSSR count). The third-order valence-corrected chi connectivity index (χ3v) is 7.90. The van der Waals surface area contributed by atoms with Crippen molar-refractivity contribution in [2.45, 2.75) is 22.1 Å². The molecule has 2 aromatic carbocycles. The maximum absolute atomic E-state index is 12.4. The monoisotopic (exact) mass is 485 g/mol. The first-order chi connectivity index (χ1) is 15.5. The lowest BCUT2D eigenvalue weighted by Gasteiger charge is -2.08. The predicted octanol–water partition coefficient (Wildman–Crippen LogP) is 4.40. The second kappa shape index (κ2) is 10.1. The number of carbonyl (C=O) groups is 1. The van der Waals surface area contributed by atoms with Gasteiger partial charge in [0.25, 0.3) is 10.0 Å². The second-order valence-corrected chi connectivity index (χ2v) is 10.7. The minimum absolute atomic E-state index is 0.00593. The van der Waals surface area contributed by atoms with Crippen LogP contribution >= 0.6 is 23.1 Å². The number of fused-ring (bicyclic) bond motifs is 1. The van der Waals surface area contributed by atoms with E-state index in [2.05, 4.69) is 25.0 Å². The number of rotatable bonds is 9. The number of thioether (sulfide) groups is 1. The van der Waals surface area contributed by atoms with Gasteiger partial charge in [0, 0.05) is 30.3 Å². The molecule has 2 N–H and O–H groups in total. The fraction of sp³-hybridized carbons (Fsp3) is 0.143. The summed E-state index contributed by atoms with van der Waals surface area (Å²) in [6.07, 6.45) is 3.97. The Labute approximate surface area is 193 Å². The Kier molecular flexibility index (Phi) is 6.98. The Balaban J connectivity index is 1.24. The molecule has 0 saturated carbocycles. The molecule has 164 valence electrons. The van der Waals surface area contributed by atoms with Gasteiger partial charge in [0.15, 0.2) is 4.34 Å². The minimum atomic E-state index is -3.81. The number of anilines is 2. The predicted molar refractivity (Wildman–Crippen MR) is 127 cm³/mol. The third kappa shape index (κ3) is 5.81. The van der Waals surface area contributed by atoms with Gasteiger partial charge in [0.2, 0.25) is 11.9 Å². The fourth-order valence-electron chi connectivity index (χ4n) is 2.78. The fourth-order valence-corrected chi connectivity index (χ4v) is 5.81. The number of hydrogen-bond donors (Lipinski definition) is 2. The summed E-state index contributed by atoms with van der Waals surface area (Å²) in [5.74, 6) is 0.660. The standard InChI is InChI=1S/C21H19N5O3S3/c27-19(7-3-14-30-21-25-17-5-1-2-6-18(17)31-21)24-15-8-10-16(11-9-15)32(28,29)26-20-22-12-4-13-23-20/h1-2,4-6,8-13H,3,7,14H2,(H,24,27)(H,22,23,26). The van der Waals surface area contributed by atoms with Gasteiger partial charge in [-0.15, -0.1) is 11.3 Å². The van der Waals surface area contributed by atoms with Crippen LogP contribution in [0.1, 0.15) is 12.8 Å². The first-order valence-corrected chi connectivity index (χ1v) is 13.0. The number of amides is 1. The van der Waals surface area contributed by atoms with Crippen LogP contribution < -0.4 is 10.0 Å². The van der Waals surface area contributed by atoms with Crippen molar-refractivity contribution in [2.24, 2.45) is 0 Å². The second-order valence-electron chi connectivity index (χ2n) is 6.65. The van der Waals surface area contributed by atoms with E-state index in [1.54, 1.807) is 41.3 Å². The van der Waals surface area contributed by atoms with Crippen molar-refractivity contribution >= 4 is 60.9 Å². The molecule has 0 bridgehead atoms. The molecular formula is C21H19N5O3S3. The Morgan fingerprint density at radius 3 is 2.50 bits per heavy atom. The molecule has 0 fully saturated rings. The van der Waals surface area contributed by atoms with E-state index in [4.69, 9.17) is 0 Å². The van der Waals surface area contributed by atoms with Crippen molar-refractivity contribution < 1.29 is 13.2 Å². The van der Waals surface area contributed by atoms with Crippen LogP contribution in [0.25, 0.3) is 10.2 Å². The average Bonchev–Trinajstić information content (AvgIpc) is 3.20. The van der Waals surface area contributed by atoms with Crippen LogP contribution in [0.4, 0.5) is 11.6 Å². The molecule has 1 amide bonds. The smallest absolute Gasteiger partial charge is 0.264 e. The highest BCUT2D eigenvalue weighted by Crippen LogP contribution is 2.29. The van der Waals surface area contributed by atoms with Gasteiger partial charge in [-0.1, -0.05) is 23.9 Å². The van der Waals surface area contributed by atoms with Crippen molar-refractivity contribution in [3.05, 3.63) is 67.0 Å². The third-order valence-electron chi connectivity index (χ3n) is 4.29. The van der Waals surface area contributed by atoms with E-state index in [0.29, 0.717) is 18.5 Å². The zero-order valence-electron chi connectivity index (χ0n) is 16.8. The topological polar surface area (TPSA) is 114 Å². The zero-order chi connectivity index (χ0) is 22.4. The van der Waals surface area contributed by atoms with Crippen LogP contribution in [0.2, 0.25) is 0 Å². The van der Waals surface area contributed by atoms with Crippen molar-refractivity contribution in [3.8, 4) is 0 Å². The Morgan fingerprint density at radius 2 is 1.75 bits per heavy atom. The summed E-state index contributed by atoms with van der Waals surface area (Å²) in [7, 11) is -3.81. The highest BCUT2D eigenvalue weighted by molar-refractivity contribution is 8.01. The number of carbonyl (C=O) groups excluding carboxylic acids is 1. The van der Waals surface area contributed by atoms with Crippen LogP contribution in [0, 0.1) is 0 Å². The van der Waals surface area contributed by atoms with Gasteiger partial charge in [0.1, 0.15) is 0 Å². The quantitative estimate of drug-likeness (QED) is 0.267. The normalized spacial score (nSPS) is 11.4. The van der Waals surface area contributed by atoms with Crippen LogP contribution in [0.15, 0.2) is 76.2 Å². The number of aromatic nitrogens is 3. The van der Waals surface area contributed by atoms with E-state index < -0.39 is 10.0 Å². The Hall–Kier alpha value is -3.02. The average molecular weight is 486 g/mol. The van der Waals surface area contributed by atoms with Crippen LogP contribution in [-0.4, -0.2) is 35.0 Å². The largest absolute Gasteiger partial charge is 0.326 e. The molecule has 0 radical (unpaired) electrons. The lowest BCUT2D eigenvalue weighted by atomic mass is 10.3. The number of nitrogens with zero attached hydrogens (tertiary/aromatic N) is 3. The van der Waals surface area contributed by atoms with Gasteiger partial charge < -0.3 is 5.32 Å². The summed E-state index contributed by atoms with van der Waals surface area (Å²) in [6.45, 7) is 0. The van der Waals surface area contributed by atoms with Gasteiger partial charge in [-0.25, -0.2) is 28.1 Å². The van der Waals surface area contributed by atoms with Gasteiger partial charge in [-0.2, -0.15) is 0 Å². The molecule has 32 heavy (non-hydrogen) atoms. The molecule has 2 heterocycles. The number of hydrogen-bond acceptors (Lipinski definition) is 8. The maximum atomic E-state index is 12.4. The van der Waals surface area contributed by atoms with Crippen molar-refractivity contribution in [1.82, 2.24) is 15.0 Å². The van der Waals surface area contributed by atoms with Gasteiger partial charge in [0.05, 0.1) is 15.1 Å². The molecule has 0 unspecified atom stereocenters. The Morgan fingerprint density at radius 1 is 1.00 bits per heavy atom. The summed E-state index contributed by atoms with van der Waals surface area (Å²) >= 11 is 3.29. The molecule has 0 aliphatic heterocycles. The van der Waals surface area contributed by atoms with Gasteiger partial charge in [-0.05, 0) is 48.9 Å². The van der Waals surface area contributed by atoms with Gasteiger partial charge in [-0.3, -0.25) is 4.79 Å². The number of thiazole rings is 1. The molecule has 8 nitrogen and oxygen atoms in total. The van der Waals surface area contributed by atoms with Crippen LogP contribution in [0.5, 0.6) is 0 Å². The number of nitrogens with one attached hydrogen (secondary N) is 2. The maximum Gasteiger partial charge on any atom is 0.264 e. The summed E-state index contributed by atoms with van der Waals surface area (Å²) < 4.78 is 29.3. The first-order valence-electron chi connectivity index (χ1n) is 9.68. The molecule has 4 aromatic rings. The molecular weight excluding hydrogens is 466 g/mol. The van der Waals surface area contributed by atoms with E-state index in [1.165, 1.54) is 24.5 Å². The SMILES string of the molecule is O=C(CCCSc1nc2ccccc2s1)Nc1ccc(S(=O)(=O)Nc2ncccn2)cc1. The molecule has 0 atom stereocenters. The zero-order valence-corrected chi connectivity index (χ0v) is 19.2. The van der Waals surface area contributed by atoms with E-state index >= 15 is 0 Å². The van der Waals surface area contributed by atoms with E-state index in [1.807, 2.05) is 24.3 Å². The van der Waals surface area contributed by atoms with Crippen molar-refractivity contribution in [3.63, 3.8) is 0 Å². The lowest BCUT2D eigenvalue weighted by molar-refractivity contribution is -0.116. The van der Waals surface area contributed by atoms with Gasteiger partial charge >= 0.3 is 0 Å². The van der Waals surface area contributed by atoms with Crippen molar-refractivity contribution in [1.29, 1.82) is 0 Å². The molecule has 11 heteroatoms. The highest BCUT2D eigenvalue weighted by atomic mass is 32.2. The molecule has 0 aliphatic rings. The molecule has 0 saturated heterocycles. The van der Waals surface area contributed by atoms with Crippen molar-refractivity contribution in [2.75, 3.05) is 15.8 Å². The summed E-state index contributed by atoms with van der Waals surface area (Å²) in [4.78, 5) is 24.5. The van der Waals surface area contributed by atoms with Crippen LogP contribution in [0.3, 0.4) is 0 Å². The van der Waals surface area contributed by atoms with E-state index in [-0.39, 0.29) is 16.8 Å². The summed E-state index contributed by atoms with van der Waals surface area (Å²) in [5.41, 5.74) is 1.53. The first kappa shape index (κ1) is 22.2. The Bertz CT molecular complexity index is 1280. The van der Waals surface area contributed by atoms with Crippen LogP contribution in [-0.2, 0) is 14.8 Å². The summed E-state index contributed by atoms with van der Waals surface area (Å²) in [6, 6.07) is 15.5. The number of sulfonamides is 1. The number of para-hydroxylation sites is 1. The minimum Gasteiger partial charge on any atom is -0.326 e. The highest BCUT2D eigenvalue weighted by Gasteiger charge is 2.15.